The Labute approximate surface area is 168 Å². The van der Waals surface area contributed by atoms with Gasteiger partial charge in [0.2, 0.25) is 0 Å². The molecule has 3 aliphatic heterocycles. The van der Waals surface area contributed by atoms with Gasteiger partial charge in [-0.05, 0) is 52.3 Å². The van der Waals surface area contributed by atoms with Crippen LogP contribution in [0.1, 0.15) is 52.9 Å². The summed E-state index contributed by atoms with van der Waals surface area (Å²) in [5.74, 6) is 0.854. The fourth-order valence-electron chi connectivity index (χ4n) is 3.88. The molecule has 3 atom stereocenters. The number of aliphatic imine (C=N–C) groups is 1. The van der Waals surface area contributed by atoms with Crippen molar-refractivity contribution in [3.05, 3.63) is 12.3 Å². The lowest BCUT2D eigenvalue weighted by Gasteiger charge is -2.34. The predicted octanol–water partition coefficient (Wildman–Crippen LogP) is 3.10. The zero-order valence-electron chi connectivity index (χ0n) is 17.4. The average molecular weight is 394 g/mol. The van der Waals surface area contributed by atoms with Crippen LogP contribution in [0.4, 0.5) is 4.79 Å². The predicted molar refractivity (Wildman–Crippen MR) is 108 cm³/mol. The van der Waals surface area contributed by atoms with Gasteiger partial charge in [0.25, 0.3) is 0 Å². The minimum absolute atomic E-state index is 0.0108. The molecule has 0 radical (unpaired) electrons. The lowest BCUT2D eigenvalue weighted by Crippen LogP contribution is -2.43. The van der Waals surface area contributed by atoms with Crippen molar-refractivity contribution >= 4 is 12.0 Å². The number of rotatable bonds is 4. The summed E-state index contributed by atoms with van der Waals surface area (Å²) in [6.45, 7) is 9.27. The van der Waals surface area contributed by atoms with E-state index in [-0.39, 0.29) is 30.3 Å². The van der Waals surface area contributed by atoms with Gasteiger partial charge >= 0.3 is 6.09 Å². The van der Waals surface area contributed by atoms with Crippen molar-refractivity contribution in [2.24, 2.45) is 10.9 Å². The molecule has 3 aliphatic rings. The molecule has 3 unspecified atom stereocenters. The van der Waals surface area contributed by atoms with E-state index in [1.165, 1.54) is 0 Å². The van der Waals surface area contributed by atoms with Crippen LogP contribution in [0.5, 0.6) is 0 Å². The van der Waals surface area contributed by atoms with Crippen LogP contribution in [-0.4, -0.2) is 67.5 Å². The van der Waals surface area contributed by atoms with E-state index in [4.69, 9.17) is 14.2 Å². The highest BCUT2D eigenvalue weighted by Gasteiger charge is 2.31. The van der Waals surface area contributed by atoms with Gasteiger partial charge in [-0.1, -0.05) is 6.92 Å². The number of carbonyl (C=O) groups is 1. The quantitative estimate of drug-likeness (QED) is 0.795. The zero-order valence-corrected chi connectivity index (χ0v) is 17.4. The first kappa shape index (κ1) is 21.1. The van der Waals surface area contributed by atoms with Gasteiger partial charge in [0, 0.05) is 32.1 Å². The van der Waals surface area contributed by atoms with Crippen molar-refractivity contribution in [3.63, 3.8) is 0 Å². The van der Waals surface area contributed by atoms with Crippen molar-refractivity contribution in [3.8, 4) is 0 Å². The molecule has 3 rings (SSSR count). The molecular formula is C21H35N3O4. The summed E-state index contributed by atoms with van der Waals surface area (Å²) in [6, 6.07) is 0. The number of amides is 1. The Bertz CT molecular complexity index is 562. The van der Waals surface area contributed by atoms with Crippen molar-refractivity contribution in [1.29, 1.82) is 0 Å². The van der Waals surface area contributed by atoms with Gasteiger partial charge in [-0.15, -0.1) is 0 Å². The maximum atomic E-state index is 12.0. The van der Waals surface area contributed by atoms with Crippen LogP contribution in [0.25, 0.3) is 0 Å². The molecule has 0 spiro atoms. The summed E-state index contributed by atoms with van der Waals surface area (Å²) in [6.07, 6.45) is 8.81. The Balaban J connectivity index is 1.46. The van der Waals surface area contributed by atoms with Gasteiger partial charge in [0.15, 0.2) is 5.90 Å². The highest BCUT2D eigenvalue weighted by atomic mass is 16.6. The second-order valence-electron chi connectivity index (χ2n) is 8.24. The highest BCUT2D eigenvalue weighted by molar-refractivity contribution is 5.81. The number of piperidine rings is 1. The third-order valence-electron chi connectivity index (χ3n) is 5.56. The lowest BCUT2D eigenvalue weighted by molar-refractivity contribution is -0.0141. The Morgan fingerprint density at radius 3 is 2.71 bits per heavy atom. The van der Waals surface area contributed by atoms with Crippen molar-refractivity contribution < 1.29 is 19.0 Å². The van der Waals surface area contributed by atoms with E-state index in [2.05, 4.69) is 17.2 Å². The number of nitrogens with zero attached hydrogens (tertiary/aromatic N) is 2. The van der Waals surface area contributed by atoms with Crippen molar-refractivity contribution in [2.45, 2.75) is 77.3 Å². The SMILES string of the molecule is CC(C)OC(=O)N1CCC(OC2=NC=CC(OC3CCCNCC3)C2C)CC1. The number of nitrogens with one attached hydrogen (secondary N) is 1. The minimum Gasteiger partial charge on any atom is -0.477 e. The first-order valence-electron chi connectivity index (χ1n) is 10.8. The topological polar surface area (TPSA) is 72.4 Å². The van der Waals surface area contributed by atoms with E-state index in [1.807, 2.05) is 26.1 Å². The summed E-state index contributed by atoms with van der Waals surface area (Å²) in [5.41, 5.74) is 0. The van der Waals surface area contributed by atoms with Gasteiger partial charge in [-0.2, -0.15) is 0 Å². The summed E-state index contributed by atoms with van der Waals surface area (Å²) in [4.78, 5) is 18.3. The van der Waals surface area contributed by atoms with Crippen molar-refractivity contribution in [1.82, 2.24) is 10.2 Å². The zero-order chi connectivity index (χ0) is 19.9. The summed E-state index contributed by atoms with van der Waals surface area (Å²) in [7, 11) is 0. The molecule has 1 N–H and O–H groups in total. The first-order chi connectivity index (χ1) is 13.5. The van der Waals surface area contributed by atoms with E-state index in [0.717, 1.165) is 51.1 Å². The molecule has 0 aromatic heterocycles. The smallest absolute Gasteiger partial charge is 0.410 e. The largest absolute Gasteiger partial charge is 0.477 e. The lowest BCUT2D eigenvalue weighted by atomic mass is 10.0. The van der Waals surface area contributed by atoms with Gasteiger partial charge in [0.1, 0.15) is 6.10 Å². The van der Waals surface area contributed by atoms with Crippen LogP contribution in [0.3, 0.4) is 0 Å². The molecule has 0 saturated carbocycles. The van der Waals surface area contributed by atoms with Crippen LogP contribution >= 0.6 is 0 Å². The van der Waals surface area contributed by atoms with Crippen LogP contribution in [0, 0.1) is 5.92 Å². The molecule has 1 amide bonds. The number of likely N-dealkylation sites (tertiary alicyclic amines) is 1. The Kier molecular flexibility index (Phi) is 7.73. The Morgan fingerprint density at radius 1 is 1.18 bits per heavy atom. The van der Waals surface area contributed by atoms with Crippen LogP contribution in [-0.2, 0) is 14.2 Å². The molecule has 0 aromatic carbocycles. The molecule has 3 heterocycles. The fraction of sp³-hybridized carbons (Fsp3) is 0.810. The molecule has 28 heavy (non-hydrogen) atoms. The van der Waals surface area contributed by atoms with E-state index in [0.29, 0.717) is 19.2 Å². The van der Waals surface area contributed by atoms with Gasteiger partial charge in [-0.25, -0.2) is 9.79 Å². The Hall–Kier alpha value is -1.60. The van der Waals surface area contributed by atoms with Gasteiger partial charge < -0.3 is 24.4 Å². The van der Waals surface area contributed by atoms with E-state index < -0.39 is 0 Å². The number of ether oxygens (including phenoxy) is 3. The minimum atomic E-state index is -0.230. The molecule has 158 valence electrons. The second-order valence-corrected chi connectivity index (χ2v) is 8.24. The number of hydrogen-bond acceptors (Lipinski definition) is 6. The summed E-state index contributed by atoms with van der Waals surface area (Å²) < 4.78 is 17.9. The normalized spacial score (nSPS) is 29.4. The molecule has 2 saturated heterocycles. The third kappa shape index (κ3) is 5.95. The highest BCUT2D eigenvalue weighted by Crippen LogP contribution is 2.24. The van der Waals surface area contributed by atoms with Gasteiger partial charge in [-0.3, -0.25) is 0 Å². The van der Waals surface area contributed by atoms with Crippen LogP contribution in [0.2, 0.25) is 0 Å². The molecule has 0 aromatic rings. The number of hydrogen-bond donors (Lipinski definition) is 1. The second kappa shape index (κ2) is 10.3. The standard InChI is InChI=1S/C21H35N3O4/c1-15(2)26-21(25)24-13-8-18(9-14-24)28-20-16(3)19(7-12-23-20)27-17-5-4-10-22-11-6-17/h7,12,15-19,22H,4-6,8-11,13-14H2,1-3H3. The summed E-state index contributed by atoms with van der Waals surface area (Å²) in [5, 5.41) is 3.43. The van der Waals surface area contributed by atoms with E-state index >= 15 is 0 Å². The summed E-state index contributed by atoms with van der Waals surface area (Å²) >= 11 is 0. The fourth-order valence-corrected chi connectivity index (χ4v) is 3.88. The third-order valence-corrected chi connectivity index (χ3v) is 5.56. The monoisotopic (exact) mass is 393 g/mol. The van der Waals surface area contributed by atoms with Gasteiger partial charge in [0.05, 0.1) is 24.2 Å². The Morgan fingerprint density at radius 2 is 1.96 bits per heavy atom. The van der Waals surface area contributed by atoms with E-state index in [1.54, 1.807) is 4.90 Å². The van der Waals surface area contributed by atoms with E-state index in [9.17, 15) is 4.79 Å². The first-order valence-corrected chi connectivity index (χ1v) is 10.8. The number of carbonyl (C=O) groups excluding carboxylic acids is 1. The van der Waals surface area contributed by atoms with Crippen molar-refractivity contribution in [2.75, 3.05) is 26.2 Å². The molecule has 0 bridgehead atoms. The molecule has 7 heteroatoms. The van der Waals surface area contributed by atoms with Crippen LogP contribution < -0.4 is 5.32 Å². The molecular weight excluding hydrogens is 358 g/mol. The molecule has 0 aliphatic carbocycles. The van der Waals surface area contributed by atoms with Crippen LogP contribution in [0.15, 0.2) is 17.3 Å². The molecule has 2 fully saturated rings. The average Bonchev–Trinajstić information content (AvgIpc) is 2.94. The maximum Gasteiger partial charge on any atom is 0.410 e. The maximum absolute atomic E-state index is 12.0. The molecule has 7 nitrogen and oxygen atoms in total.